The fraction of sp³-hybridized carbons (Fsp3) is 0.200. The topological polar surface area (TPSA) is 78.4 Å². The molecule has 152 valence electrons. The van der Waals surface area contributed by atoms with Crippen molar-refractivity contribution in [3.63, 3.8) is 0 Å². The summed E-state index contributed by atoms with van der Waals surface area (Å²) < 4.78 is 0. The molecule has 2 atom stereocenters. The number of hydrogen-bond donors (Lipinski definition) is 3. The fourth-order valence-corrected chi connectivity index (χ4v) is 3.77. The first-order valence-electron chi connectivity index (χ1n) is 10.1. The van der Waals surface area contributed by atoms with E-state index in [9.17, 15) is 14.7 Å². The van der Waals surface area contributed by atoms with Gasteiger partial charge in [0.1, 0.15) is 0 Å². The van der Waals surface area contributed by atoms with Crippen molar-refractivity contribution in [2.45, 2.75) is 31.3 Å². The number of para-hydroxylation sites is 1. The molecule has 0 radical (unpaired) electrons. The van der Waals surface area contributed by atoms with Crippen LogP contribution >= 0.6 is 0 Å². The Morgan fingerprint density at radius 2 is 1.70 bits per heavy atom. The molecule has 3 N–H and O–H groups in total. The first-order valence-corrected chi connectivity index (χ1v) is 10.1. The molecule has 0 fully saturated rings. The first kappa shape index (κ1) is 19.9. The molecule has 0 saturated carbocycles. The number of hydrogen-bond acceptors (Lipinski definition) is 3. The Labute approximate surface area is 175 Å². The Hall–Kier alpha value is -3.44. The van der Waals surface area contributed by atoms with Gasteiger partial charge in [0.05, 0.1) is 12.0 Å². The van der Waals surface area contributed by atoms with Gasteiger partial charge in [0, 0.05) is 17.8 Å². The first-order chi connectivity index (χ1) is 14.6. The van der Waals surface area contributed by atoms with Crippen LogP contribution in [0.1, 0.15) is 41.6 Å². The van der Waals surface area contributed by atoms with Gasteiger partial charge in [0.2, 0.25) is 11.8 Å². The number of nitrogens with one attached hydrogen (secondary N) is 2. The molecule has 2 unspecified atom stereocenters. The van der Waals surface area contributed by atoms with E-state index in [2.05, 4.69) is 10.6 Å². The third-order valence-electron chi connectivity index (χ3n) is 5.43. The number of carbonyl (C=O) groups is 2. The molecule has 3 aromatic rings. The Kier molecular flexibility index (Phi) is 5.91. The van der Waals surface area contributed by atoms with Crippen LogP contribution < -0.4 is 10.6 Å². The summed E-state index contributed by atoms with van der Waals surface area (Å²) in [5, 5.41) is 16.0. The second-order valence-corrected chi connectivity index (χ2v) is 7.54. The largest absolute Gasteiger partial charge is 0.388 e. The zero-order valence-corrected chi connectivity index (χ0v) is 16.5. The quantitative estimate of drug-likeness (QED) is 0.573. The van der Waals surface area contributed by atoms with Gasteiger partial charge in [0.15, 0.2) is 0 Å². The van der Waals surface area contributed by atoms with Gasteiger partial charge in [-0.2, -0.15) is 0 Å². The summed E-state index contributed by atoms with van der Waals surface area (Å²) in [4.78, 5) is 24.8. The molecule has 5 nitrogen and oxygen atoms in total. The van der Waals surface area contributed by atoms with Crippen LogP contribution in [0.3, 0.4) is 0 Å². The highest BCUT2D eigenvalue weighted by Gasteiger charge is 2.30. The Balaban J connectivity index is 1.37. The van der Waals surface area contributed by atoms with E-state index in [4.69, 9.17) is 0 Å². The zero-order chi connectivity index (χ0) is 20.9. The average Bonchev–Trinajstić information content (AvgIpc) is 2.78. The van der Waals surface area contributed by atoms with Gasteiger partial charge in [-0.15, -0.1) is 0 Å². The van der Waals surface area contributed by atoms with Crippen molar-refractivity contribution in [2.24, 2.45) is 0 Å². The van der Waals surface area contributed by atoms with Crippen molar-refractivity contribution < 1.29 is 14.7 Å². The van der Waals surface area contributed by atoms with E-state index in [1.54, 1.807) is 0 Å². The van der Waals surface area contributed by atoms with Crippen molar-refractivity contribution in [1.82, 2.24) is 0 Å². The van der Waals surface area contributed by atoms with Crippen molar-refractivity contribution >= 4 is 23.2 Å². The van der Waals surface area contributed by atoms with Crippen LogP contribution in [0.5, 0.6) is 0 Å². The summed E-state index contributed by atoms with van der Waals surface area (Å²) in [6.07, 6.45) is 1.01. The average molecular weight is 400 g/mol. The summed E-state index contributed by atoms with van der Waals surface area (Å²) in [6, 6.07) is 24.6. The predicted molar refractivity (Wildman–Crippen MR) is 117 cm³/mol. The predicted octanol–water partition coefficient (Wildman–Crippen LogP) is 4.42. The maximum atomic E-state index is 12.8. The van der Waals surface area contributed by atoms with Crippen LogP contribution in [-0.4, -0.2) is 16.9 Å². The zero-order valence-electron chi connectivity index (χ0n) is 16.5. The number of anilines is 2. The molecule has 0 aromatic heterocycles. The summed E-state index contributed by atoms with van der Waals surface area (Å²) in [7, 11) is 0. The summed E-state index contributed by atoms with van der Waals surface area (Å²) in [6.45, 7) is 0. The number of fused-ring (bicyclic) bond motifs is 1. The summed E-state index contributed by atoms with van der Waals surface area (Å²) in [5.74, 6) is -0.846. The van der Waals surface area contributed by atoms with Crippen molar-refractivity contribution in [2.75, 3.05) is 10.6 Å². The van der Waals surface area contributed by atoms with E-state index >= 15 is 0 Å². The molecule has 1 aliphatic rings. The van der Waals surface area contributed by atoms with Gasteiger partial charge < -0.3 is 15.7 Å². The molecule has 0 bridgehead atoms. The van der Waals surface area contributed by atoms with Crippen LogP contribution in [0.4, 0.5) is 11.4 Å². The minimum atomic E-state index is -0.504. The number of carbonyl (C=O) groups excluding carboxylic acids is 2. The standard InChI is InChI=1S/C25H24N2O3/c28-23(18-6-2-1-3-7-18)15-12-17-10-13-19(14-11-17)26-25(30)21-16-24(29)27-22-9-5-4-8-20(21)22/h1-11,13-14,21,23,28H,12,15-16H2,(H,26,30)(H,27,29). The second-order valence-electron chi connectivity index (χ2n) is 7.54. The second kappa shape index (κ2) is 8.93. The van der Waals surface area contributed by atoms with Gasteiger partial charge in [-0.05, 0) is 47.7 Å². The van der Waals surface area contributed by atoms with E-state index in [0.717, 1.165) is 23.1 Å². The highest BCUT2D eigenvalue weighted by atomic mass is 16.3. The molecule has 4 rings (SSSR count). The Morgan fingerprint density at radius 1 is 1.00 bits per heavy atom. The number of aliphatic hydroxyl groups excluding tert-OH is 1. The fourth-order valence-electron chi connectivity index (χ4n) is 3.77. The molecular formula is C25H24N2O3. The number of benzene rings is 3. The minimum Gasteiger partial charge on any atom is -0.388 e. The van der Waals surface area contributed by atoms with E-state index < -0.39 is 12.0 Å². The van der Waals surface area contributed by atoms with Crippen LogP contribution in [-0.2, 0) is 16.0 Å². The van der Waals surface area contributed by atoms with E-state index in [-0.39, 0.29) is 18.2 Å². The van der Waals surface area contributed by atoms with Gasteiger partial charge in [0.25, 0.3) is 0 Å². The summed E-state index contributed by atoms with van der Waals surface area (Å²) in [5.41, 5.74) is 4.22. The molecule has 1 heterocycles. The Bertz CT molecular complexity index is 1030. The number of aliphatic hydroxyl groups is 1. The van der Waals surface area contributed by atoms with Crippen molar-refractivity contribution in [3.8, 4) is 0 Å². The number of aryl methyl sites for hydroxylation is 1. The van der Waals surface area contributed by atoms with E-state index in [1.807, 2.05) is 78.9 Å². The van der Waals surface area contributed by atoms with Crippen molar-refractivity contribution in [3.05, 3.63) is 95.6 Å². The third-order valence-corrected chi connectivity index (χ3v) is 5.43. The molecule has 30 heavy (non-hydrogen) atoms. The maximum Gasteiger partial charge on any atom is 0.232 e. The van der Waals surface area contributed by atoms with Crippen LogP contribution in [0, 0.1) is 0 Å². The van der Waals surface area contributed by atoms with Gasteiger partial charge in [-0.3, -0.25) is 9.59 Å². The molecule has 0 spiro atoms. The van der Waals surface area contributed by atoms with Crippen LogP contribution in [0.25, 0.3) is 0 Å². The monoisotopic (exact) mass is 400 g/mol. The van der Waals surface area contributed by atoms with Gasteiger partial charge >= 0.3 is 0 Å². The highest BCUT2D eigenvalue weighted by Crippen LogP contribution is 2.32. The Morgan fingerprint density at radius 3 is 2.47 bits per heavy atom. The lowest BCUT2D eigenvalue weighted by molar-refractivity contribution is -0.123. The van der Waals surface area contributed by atoms with Crippen molar-refractivity contribution in [1.29, 1.82) is 0 Å². The van der Waals surface area contributed by atoms with Crippen LogP contribution in [0.15, 0.2) is 78.9 Å². The van der Waals surface area contributed by atoms with E-state index in [0.29, 0.717) is 17.8 Å². The van der Waals surface area contributed by atoms with Crippen LogP contribution in [0.2, 0.25) is 0 Å². The summed E-state index contributed by atoms with van der Waals surface area (Å²) >= 11 is 0. The van der Waals surface area contributed by atoms with Gasteiger partial charge in [-0.25, -0.2) is 0 Å². The lowest BCUT2D eigenvalue weighted by Gasteiger charge is -2.24. The van der Waals surface area contributed by atoms with Gasteiger partial charge in [-0.1, -0.05) is 60.7 Å². The molecule has 3 aromatic carbocycles. The molecule has 2 amide bonds. The molecule has 0 saturated heterocycles. The maximum absolute atomic E-state index is 12.8. The highest BCUT2D eigenvalue weighted by molar-refractivity contribution is 6.05. The minimum absolute atomic E-state index is 0.137. The molecular weight excluding hydrogens is 376 g/mol. The number of rotatable bonds is 6. The lowest BCUT2D eigenvalue weighted by atomic mass is 9.90. The molecule has 0 aliphatic carbocycles. The number of amides is 2. The lowest BCUT2D eigenvalue weighted by Crippen LogP contribution is -2.30. The smallest absolute Gasteiger partial charge is 0.232 e. The third kappa shape index (κ3) is 4.58. The van der Waals surface area contributed by atoms with E-state index in [1.165, 1.54) is 0 Å². The normalized spacial score (nSPS) is 16.3. The SMILES string of the molecule is O=C1CC(C(=O)Nc2ccc(CCC(O)c3ccccc3)cc2)c2ccccc2N1. The molecule has 1 aliphatic heterocycles. The molecule has 5 heteroatoms.